The van der Waals surface area contributed by atoms with E-state index < -0.39 is 10.0 Å². The maximum atomic E-state index is 12.5. The van der Waals surface area contributed by atoms with E-state index in [4.69, 9.17) is 5.73 Å². The summed E-state index contributed by atoms with van der Waals surface area (Å²) in [6.07, 6.45) is 4.65. The molecule has 0 radical (unpaired) electrons. The van der Waals surface area contributed by atoms with Crippen molar-refractivity contribution in [1.82, 2.24) is 4.72 Å². The normalized spacial score (nSPS) is 19.6. The van der Waals surface area contributed by atoms with Gasteiger partial charge in [-0.2, -0.15) is 0 Å². The molecule has 3 rings (SSSR count). The zero-order valence-corrected chi connectivity index (χ0v) is 12.6. The lowest BCUT2D eigenvalue weighted by Gasteiger charge is -2.18. The van der Waals surface area contributed by atoms with Gasteiger partial charge in [0, 0.05) is 12.6 Å². The van der Waals surface area contributed by atoms with E-state index >= 15 is 0 Å². The molecule has 0 amide bonds. The summed E-state index contributed by atoms with van der Waals surface area (Å²) in [4.78, 5) is 0.360. The monoisotopic (exact) mass is 294 g/mol. The first-order valence-corrected chi connectivity index (χ1v) is 8.81. The van der Waals surface area contributed by atoms with Crippen LogP contribution in [0.2, 0.25) is 0 Å². The number of sulfonamides is 1. The van der Waals surface area contributed by atoms with Crippen molar-refractivity contribution in [2.75, 3.05) is 0 Å². The SMILES string of the molecule is Cc1cc(S(=O)(=O)NC(C2CC2)C2CC2)ccc1CN. The number of rotatable bonds is 6. The van der Waals surface area contributed by atoms with Crippen LogP contribution in [0.25, 0.3) is 0 Å². The molecule has 110 valence electrons. The first kappa shape index (κ1) is 14.0. The molecule has 0 unspecified atom stereocenters. The van der Waals surface area contributed by atoms with Gasteiger partial charge in [0.15, 0.2) is 0 Å². The van der Waals surface area contributed by atoms with E-state index in [2.05, 4.69) is 4.72 Å². The lowest BCUT2D eigenvalue weighted by atomic mass is 10.1. The highest BCUT2D eigenvalue weighted by atomic mass is 32.2. The third kappa shape index (κ3) is 2.90. The van der Waals surface area contributed by atoms with Crippen LogP contribution in [0.5, 0.6) is 0 Å². The van der Waals surface area contributed by atoms with Gasteiger partial charge < -0.3 is 5.73 Å². The van der Waals surface area contributed by atoms with E-state index in [-0.39, 0.29) is 6.04 Å². The molecule has 2 aliphatic carbocycles. The molecule has 0 aromatic heterocycles. The molecule has 0 atom stereocenters. The maximum absolute atomic E-state index is 12.5. The van der Waals surface area contributed by atoms with Crippen LogP contribution in [0.15, 0.2) is 23.1 Å². The van der Waals surface area contributed by atoms with Crippen molar-refractivity contribution in [3.05, 3.63) is 29.3 Å². The summed E-state index contributed by atoms with van der Waals surface area (Å²) in [5.74, 6) is 1.11. The Kier molecular flexibility index (Phi) is 3.60. The fourth-order valence-electron chi connectivity index (χ4n) is 2.80. The topological polar surface area (TPSA) is 72.2 Å². The highest BCUT2D eigenvalue weighted by Gasteiger charge is 2.43. The molecule has 0 saturated heterocycles. The second kappa shape index (κ2) is 5.13. The summed E-state index contributed by atoms with van der Waals surface area (Å²) in [6, 6.07) is 5.35. The van der Waals surface area contributed by atoms with Gasteiger partial charge in [-0.15, -0.1) is 0 Å². The number of hydrogen-bond donors (Lipinski definition) is 2. The van der Waals surface area contributed by atoms with Crippen molar-refractivity contribution in [2.24, 2.45) is 17.6 Å². The van der Waals surface area contributed by atoms with Crippen LogP contribution >= 0.6 is 0 Å². The molecule has 0 bridgehead atoms. The van der Waals surface area contributed by atoms with E-state index in [1.807, 2.05) is 13.0 Å². The molecule has 2 fully saturated rings. The molecule has 1 aromatic rings. The van der Waals surface area contributed by atoms with E-state index in [0.29, 0.717) is 23.3 Å². The predicted molar refractivity (Wildman–Crippen MR) is 78.6 cm³/mol. The molecule has 2 aliphatic rings. The standard InChI is InChI=1S/C15H22N2O2S/c1-10-8-14(7-6-13(10)9-16)20(18,19)17-15(11-2-3-11)12-4-5-12/h6-8,11-12,15,17H,2-5,9,16H2,1H3. The second-order valence-electron chi connectivity index (χ2n) is 6.11. The minimum atomic E-state index is -3.41. The fourth-order valence-corrected chi connectivity index (χ4v) is 4.26. The molecule has 5 heteroatoms. The average molecular weight is 294 g/mol. The molecule has 0 spiro atoms. The number of aryl methyl sites for hydroxylation is 1. The van der Waals surface area contributed by atoms with Gasteiger partial charge in [0.25, 0.3) is 0 Å². The lowest BCUT2D eigenvalue weighted by Crippen LogP contribution is -2.38. The van der Waals surface area contributed by atoms with Crippen LogP contribution in [0.3, 0.4) is 0 Å². The third-order valence-corrected chi connectivity index (χ3v) is 5.85. The molecular formula is C15H22N2O2S. The Balaban J connectivity index is 1.81. The summed E-state index contributed by atoms with van der Waals surface area (Å²) in [7, 11) is -3.41. The van der Waals surface area contributed by atoms with Gasteiger partial charge in [-0.1, -0.05) is 6.07 Å². The number of nitrogens with one attached hydrogen (secondary N) is 1. The Morgan fingerprint density at radius 2 is 1.85 bits per heavy atom. The molecule has 0 aliphatic heterocycles. The molecule has 1 aromatic carbocycles. The van der Waals surface area contributed by atoms with Gasteiger partial charge in [0.2, 0.25) is 10.0 Å². The number of nitrogens with two attached hydrogens (primary N) is 1. The molecule has 3 N–H and O–H groups in total. The Morgan fingerprint density at radius 3 is 2.30 bits per heavy atom. The predicted octanol–water partition coefficient (Wildman–Crippen LogP) is 1.92. The maximum Gasteiger partial charge on any atom is 0.240 e. The van der Waals surface area contributed by atoms with Crippen molar-refractivity contribution in [1.29, 1.82) is 0 Å². The summed E-state index contributed by atoms with van der Waals surface area (Å²) in [5.41, 5.74) is 7.55. The van der Waals surface area contributed by atoms with Crippen molar-refractivity contribution < 1.29 is 8.42 Å². The first-order valence-electron chi connectivity index (χ1n) is 7.33. The van der Waals surface area contributed by atoms with Crippen LogP contribution < -0.4 is 10.5 Å². The van der Waals surface area contributed by atoms with Crippen molar-refractivity contribution in [3.63, 3.8) is 0 Å². The van der Waals surface area contributed by atoms with Gasteiger partial charge in [-0.3, -0.25) is 0 Å². The van der Waals surface area contributed by atoms with Crippen LogP contribution in [0.4, 0.5) is 0 Å². The van der Waals surface area contributed by atoms with Gasteiger partial charge >= 0.3 is 0 Å². The van der Waals surface area contributed by atoms with Crippen LogP contribution in [-0.2, 0) is 16.6 Å². The zero-order valence-electron chi connectivity index (χ0n) is 11.8. The van der Waals surface area contributed by atoms with E-state index in [1.165, 1.54) is 0 Å². The van der Waals surface area contributed by atoms with Crippen LogP contribution in [0.1, 0.15) is 36.8 Å². The average Bonchev–Trinajstić information content (AvgIpc) is 3.29. The van der Waals surface area contributed by atoms with Gasteiger partial charge in [0.1, 0.15) is 0 Å². The summed E-state index contributed by atoms with van der Waals surface area (Å²) >= 11 is 0. The summed E-state index contributed by atoms with van der Waals surface area (Å²) < 4.78 is 28.0. The minimum Gasteiger partial charge on any atom is -0.326 e. The molecule has 20 heavy (non-hydrogen) atoms. The first-order chi connectivity index (χ1) is 9.51. The second-order valence-corrected chi connectivity index (χ2v) is 7.83. The van der Waals surface area contributed by atoms with Crippen molar-refractivity contribution in [2.45, 2.75) is 50.1 Å². The highest BCUT2D eigenvalue weighted by molar-refractivity contribution is 7.89. The summed E-state index contributed by atoms with van der Waals surface area (Å²) in [5, 5.41) is 0. The third-order valence-electron chi connectivity index (χ3n) is 4.40. The lowest BCUT2D eigenvalue weighted by molar-refractivity contribution is 0.471. The van der Waals surface area contributed by atoms with Crippen molar-refractivity contribution in [3.8, 4) is 0 Å². The Morgan fingerprint density at radius 1 is 1.25 bits per heavy atom. The van der Waals surface area contributed by atoms with Crippen molar-refractivity contribution >= 4 is 10.0 Å². The van der Waals surface area contributed by atoms with E-state index in [9.17, 15) is 8.42 Å². The minimum absolute atomic E-state index is 0.148. The van der Waals surface area contributed by atoms with E-state index in [1.54, 1.807) is 12.1 Å². The largest absolute Gasteiger partial charge is 0.326 e. The highest BCUT2D eigenvalue weighted by Crippen LogP contribution is 2.45. The number of hydrogen-bond acceptors (Lipinski definition) is 3. The Bertz CT molecular complexity index is 592. The molecular weight excluding hydrogens is 272 g/mol. The van der Waals surface area contributed by atoms with Gasteiger partial charge in [-0.25, -0.2) is 13.1 Å². The Labute approximate surface area is 120 Å². The van der Waals surface area contributed by atoms with E-state index in [0.717, 1.165) is 36.8 Å². The van der Waals surface area contributed by atoms with Crippen LogP contribution in [0, 0.1) is 18.8 Å². The molecule has 2 saturated carbocycles. The molecule has 0 heterocycles. The van der Waals surface area contributed by atoms with Gasteiger partial charge in [0.05, 0.1) is 4.90 Å². The quantitative estimate of drug-likeness (QED) is 0.842. The molecule has 4 nitrogen and oxygen atoms in total. The summed E-state index contributed by atoms with van der Waals surface area (Å²) in [6.45, 7) is 2.34. The van der Waals surface area contributed by atoms with Gasteiger partial charge in [-0.05, 0) is 67.7 Å². The Hall–Kier alpha value is -0.910. The fraction of sp³-hybridized carbons (Fsp3) is 0.600. The smallest absolute Gasteiger partial charge is 0.240 e. The zero-order chi connectivity index (χ0) is 14.3. The number of benzene rings is 1. The van der Waals surface area contributed by atoms with Crippen LogP contribution in [-0.4, -0.2) is 14.5 Å².